The Bertz CT molecular complexity index is 484. The average Bonchev–Trinajstić information content (AvgIpc) is 2.78. The second-order valence-corrected chi connectivity index (χ2v) is 3.88. The summed E-state index contributed by atoms with van der Waals surface area (Å²) >= 11 is 1.47. The van der Waals surface area contributed by atoms with E-state index in [0.29, 0.717) is 0 Å². The van der Waals surface area contributed by atoms with Crippen LogP contribution in [0.25, 0.3) is 11.3 Å². The monoisotopic (exact) mass is 215 g/mol. The minimum atomic E-state index is 0.719. The standard InChI is InChI=1S/C11H9N3S/c1-14(8-12)11-13-10(7-15-11)9-5-3-2-4-6-9/h2-7H,1H3. The van der Waals surface area contributed by atoms with Gasteiger partial charge in [-0.25, -0.2) is 4.98 Å². The molecule has 0 atom stereocenters. The second kappa shape index (κ2) is 4.11. The summed E-state index contributed by atoms with van der Waals surface area (Å²) in [5.41, 5.74) is 1.99. The van der Waals surface area contributed by atoms with Gasteiger partial charge in [-0.1, -0.05) is 30.3 Å². The number of aromatic nitrogens is 1. The quantitative estimate of drug-likeness (QED) is 0.571. The molecule has 3 nitrogen and oxygen atoms in total. The predicted molar refractivity (Wildman–Crippen MR) is 61.6 cm³/mol. The molecule has 74 valence electrons. The number of nitrogens with zero attached hydrogens (tertiary/aromatic N) is 3. The maximum Gasteiger partial charge on any atom is 0.198 e. The molecule has 0 aliphatic carbocycles. The fraction of sp³-hybridized carbons (Fsp3) is 0.0909. The van der Waals surface area contributed by atoms with Gasteiger partial charge in [0, 0.05) is 18.0 Å². The summed E-state index contributed by atoms with van der Waals surface area (Å²) in [5, 5.41) is 11.4. The van der Waals surface area contributed by atoms with E-state index < -0.39 is 0 Å². The van der Waals surface area contributed by atoms with Crippen LogP contribution in [0.4, 0.5) is 5.13 Å². The molecule has 1 aromatic heterocycles. The maximum absolute atomic E-state index is 8.71. The zero-order valence-electron chi connectivity index (χ0n) is 8.21. The highest BCUT2D eigenvalue weighted by Crippen LogP contribution is 2.26. The molecular weight excluding hydrogens is 206 g/mol. The molecule has 0 unspecified atom stereocenters. The highest BCUT2D eigenvalue weighted by molar-refractivity contribution is 7.14. The summed E-state index contributed by atoms with van der Waals surface area (Å²) in [4.78, 5) is 5.83. The van der Waals surface area contributed by atoms with Crippen molar-refractivity contribution in [1.82, 2.24) is 4.98 Å². The van der Waals surface area contributed by atoms with E-state index in [1.54, 1.807) is 7.05 Å². The molecule has 0 saturated carbocycles. The van der Waals surface area contributed by atoms with Gasteiger partial charge in [0.1, 0.15) is 0 Å². The first-order valence-corrected chi connectivity index (χ1v) is 5.33. The van der Waals surface area contributed by atoms with Gasteiger partial charge in [-0.05, 0) is 0 Å². The Morgan fingerprint density at radius 3 is 2.73 bits per heavy atom. The van der Waals surface area contributed by atoms with Gasteiger partial charge in [0.2, 0.25) is 0 Å². The van der Waals surface area contributed by atoms with E-state index in [4.69, 9.17) is 5.26 Å². The molecule has 2 rings (SSSR count). The van der Waals surface area contributed by atoms with Crippen molar-refractivity contribution >= 4 is 16.5 Å². The molecule has 1 heterocycles. The molecule has 0 saturated heterocycles. The molecule has 4 heteroatoms. The van der Waals surface area contributed by atoms with Gasteiger partial charge in [-0.3, -0.25) is 4.90 Å². The first-order chi connectivity index (χ1) is 7.31. The smallest absolute Gasteiger partial charge is 0.198 e. The number of nitriles is 1. The van der Waals surface area contributed by atoms with Gasteiger partial charge in [0.05, 0.1) is 5.69 Å². The van der Waals surface area contributed by atoms with E-state index in [-0.39, 0.29) is 0 Å². The molecule has 1 aromatic carbocycles. The minimum absolute atomic E-state index is 0.719. The molecule has 0 aliphatic heterocycles. The van der Waals surface area contributed by atoms with E-state index in [0.717, 1.165) is 16.4 Å². The van der Waals surface area contributed by atoms with Crippen LogP contribution in [0, 0.1) is 11.5 Å². The average molecular weight is 215 g/mol. The van der Waals surface area contributed by atoms with Gasteiger partial charge in [-0.2, -0.15) is 5.26 Å². The third-order valence-electron chi connectivity index (χ3n) is 2.00. The van der Waals surface area contributed by atoms with Crippen molar-refractivity contribution in [2.75, 3.05) is 11.9 Å². The molecule has 0 aliphatic rings. The Balaban J connectivity index is 2.33. The predicted octanol–water partition coefficient (Wildman–Crippen LogP) is 2.73. The van der Waals surface area contributed by atoms with E-state index >= 15 is 0 Å². The number of benzene rings is 1. The Labute approximate surface area is 92.2 Å². The summed E-state index contributed by atoms with van der Waals surface area (Å²) in [6.07, 6.45) is 2.03. The molecule has 15 heavy (non-hydrogen) atoms. The normalized spacial score (nSPS) is 9.60. The first-order valence-electron chi connectivity index (χ1n) is 4.45. The summed E-state index contributed by atoms with van der Waals surface area (Å²) in [6.45, 7) is 0. The Hall–Kier alpha value is -1.86. The lowest BCUT2D eigenvalue weighted by molar-refractivity contribution is 1.17. The molecule has 0 radical (unpaired) electrons. The van der Waals surface area contributed by atoms with Crippen molar-refractivity contribution in [3.05, 3.63) is 35.7 Å². The molecule has 0 N–H and O–H groups in total. The van der Waals surface area contributed by atoms with Crippen molar-refractivity contribution in [3.63, 3.8) is 0 Å². The lowest BCUT2D eigenvalue weighted by Gasteiger charge is -2.01. The fourth-order valence-corrected chi connectivity index (χ4v) is 1.96. The van der Waals surface area contributed by atoms with Crippen molar-refractivity contribution in [2.45, 2.75) is 0 Å². The van der Waals surface area contributed by atoms with E-state index in [9.17, 15) is 0 Å². The number of hydrogen-bond donors (Lipinski definition) is 0. The van der Waals surface area contributed by atoms with Gasteiger partial charge in [0.25, 0.3) is 0 Å². The SMILES string of the molecule is CN(C#N)c1nc(-c2ccccc2)cs1. The van der Waals surface area contributed by atoms with Crippen molar-refractivity contribution in [2.24, 2.45) is 0 Å². The van der Waals surface area contributed by atoms with Crippen LogP contribution in [-0.4, -0.2) is 12.0 Å². The van der Waals surface area contributed by atoms with E-state index in [2.05, 4.69) is 4.98 Å². The highest BCUT2D eigenvalue weighted by Gasteiger charge is 2.06. The molecule has 0 amide bonds. The largest absolute Gasteiger partial charge is 0.258 e. The summed E-state index contributed by atoms with van der Waals surface area (Å²) in [5.74, 6) is 0. The van der Waals surface area contributed by atoms with Crippen LogP contribution < -0.4 is 4.90 Å². The molecule has 2 aromatic rings. The van der Waals surface area contributed by atoms with Crippen LogP contribution in [0.5, 0.6) is 0 Å². The topological polar surface area (TPSA) is 39.9 Å². The summed E-state index contributed by atoms with van der Waals surface area (Å²) in [7, 11) is 1.70. The van der Waals surface area contributed by atoms with Gasteiger partial charge < -0.3 is 0 Å². The second-order valence-electron chi connectivity index (χ2n) is 3.04. The van der Waals surface area contributed by atoms with Crippen LogP contribution in [0.3, 0.4) is 0 Å². The Kier molecular flexibility index (Phi) is 2.66. The van der Waals surface area contributed by atoms with Crippen molar-refractivity contribution in [1.29, 1.82) is 5.26 Å². The first kappa shape index (κ1) is 9.69. The Morgan fingerprint density at radius 1 is 1.33 bits per heavy atom. The van der Waals surface area contributed by atoms with Crippen LogP contribution in [-0.2, 0) is 0 Å². The number of anilines is 1. The van der Waals surface area contributed by atoms with E-state index in [1.165, 1.54) is 16.2 Å². The molecular formula is C11H9N3S. The van der Waals surface area contributed by atoms with Crippen LogP contribution >= 0.6 is 11.3 Å². The van der Waals surface area contributed by atoms with Gasteiger partial charge in [-0.15, -0.1) is 11.3 Å². The maximum atomic E-state index is 8.71. The molecule has 0 fully saturated rings. The van der Waals surface area contributed by atoms with Crippen molar-refractivity contribution < 1.29 is 0 Å². The summed E-state index contributed by atoms with van der Waals surface area (Å²) < 4.78 is 0. The number of rotatable bonds is 2. The zero-order chi connectivity index (χ0) is 10.7. The lowest BCUT2D eigenvalue weighted by atomic mass is 10.2. The zero-order valence-corrected chi connectivity index (χ0v) is 9.03. The van der Waals surface area contributed by atoms with Crippen molar-refractivity contribution in [3.8, 4) is 17.5 Å². The molecule has 0 bridgehead atoms. The number of thiazole rings is 1. The van der Waals surface area contributed by atoms with E-state index in [1.807, 2.05) is 41.9 Å². The third kappa shape index (κ3) is 1.97. The van der Waals surface area contributed by atoms with Crippen LogP contribution in [0.2, 0.25) is 0 Å². The number of hydrogen-bond acceptors (Lipinski definition) is 4. The van der Waals surface area contributed by atoms with Crippen LogP contribution in [0.15, 0.2) is 35.7 Å². The van der Waals surface area contributed by atoms with Crippen LogP contribution in [0.1, 0.15) is 0 Å². The highest BCUT2D eigenvalue weighted by atomic mass is 32.1. The van der Waals surface area contributed by atoms with Gasteiger partial charge >= 0.3 is 0 Å². The minimum Gasteiger partial charge on any atom is -0.258 e. The summed E-state index contributed by atoms with van der Waals surface area (Å²) in [6, 6.07) is 9.93. The molecule has 0 spiro atoms. The Morgan fingerprint density at radius 2 is 2.07 bits per heavy atom. The van der Waals surface area contributed by atoms with Gasteiger partial charge in [0.15, 0.2) is 11.3 Å². The fourth-order valence-electron chi connectivity index (χ4n) is 1.20. The lowest BCUT2D eigenvalue weighted by Crippen LogP contribution is -2.07. The third-order valence-corrected chi connectivity index (χ3v) is 2.92.